The standard InChI is InChI=1S/C30H48N2O4/c1-21-12-8-7-9-13-23(3)20-32-28(34)15-11-10-14-24(4)27(17-16-22(2)18-21)36-29-19-26(33)30(31-6)25(5)35-29/h7-8,10-12,14-16,23-27,29-31,33H,9,13,17-20H2,1-6H3,(H,32,34)/b8-7+,14-10+,15-11+,21-12+,22-16+/t23-,24-,25+,26+,27-,29+,30-/m0/s1. The molecule has 0 unspecified atom stereocenters. The van der Waals surface area contributed by atoms with Crippen LogP contribution in [0.5, 0.6) is 0 Å². The lowest BCUT2D eigenvalue weighted by Gasteiger charge is -2.39. The molecule has 3 N–H and O–H groups in total. The molecule has 202 valence electrons. The highest BCUT2D eigenvalue weighted by atomic mass is 16.7. The minimum atomic E-state index is -0.524. The van der Waals surface area contributed by atoms with Gasteiger partial charge >= 0.3 is 0 Å². The van der Waals surface area contributed by atoms with E-state index in [1.165, 1.54) is 11.1 Å². The molecule has 2 heterocycles. The van der Waals surface area contributed by atoms with Gasteiger partial charge in [-0.1, -0.05) is 67.5 Å². The third-order valence-electron chi connectivity index (χ3n) is 6.96. The Balaban J connectivity index is 2.18. The van der Waals surface area contributed by atoms with Crippen LogP contribution in [0.15, 0.2) is 59.8 Å². The van der Waals surface area contributed by atoms with Gasteiger partial charge in [0.05, 0.1) is 24.4 Å². The van der Waals surface area contributed by atoms with Crippen molar-refractivity contribution in [2.45, 2.75) is 97.4 Å². The molecule has 1 saturated heterocycles. The predicted octanol–water partition coefficient (Wildman–Crippen LogP) is 4.98. The molecule has 1 amide bonds. The molecule has 7 atom stereocenters. The fourth-order valence-electron chi connectivity index (χ4n) is 4.68. The van der Waals surface area contributed by atoms with Crippen LogP contribution in [0, 0.1) is 11.8 Å². The third kappa shape index (κ3) is 11.0. The van der Waals surface area contributed by atoms with Crippen molar-refractivity contribution in [3.63, 3.8) is 0 Å². The van der Waals surface area contributed by atoms with Crippen LogP contribution in [0.25, 0.3) is 0 Å². The van der Waals surface area contributed by atoms with Crippen LogP contribution in [0.1, 0.15) is 66.7 Å². The molecular weight excluding hydrogens is 452 g/mol. The number of carbonyl (C=O) groups is 1. The fraction of sp³-hybridized carbons (Fsp3) is 0.633. The van der Waals surface area contributed by atoms with Gasteiger partial charge in [-0.25, -0.2) is 0 Å². The van der Waals surface area contributed by atoms with Gasteiger partial charge in [0.2, 0.25) is 5.91 Å². The summed E-state index contributed by atoms with van der Waals surface area (Å²) in [5, 5.41) is 16.7. The molecule has 2 aliphatic rings. The Labute approximate surface area is 218 Å². The average molecular weight is 501 g/mol. The lowest BCUT2D eigenvalue weighted by atomic mass is 9.97. The topological polar surface area (TPSA) is 79.8 Å². The van der Waals surface area contributed by atoms with E-state index in [9.17, 15) is 9.90 Å². The Bertz CT molecular complexity index is 817. The maximum Gasteiger partial charge on any atom is 0.243 e. The Hall–Kier alpha value is -1.99. The van der Waals surface area contributed by atoms with Crippen LogP contribution in [0.3, 0.4) is 0 Å². The Morgan fingerprint density at radius 2 is 1.92 bits per heavy atom. The summed E-state index contributed by atoms with van der Waals surface area (Å²) >= 11 is 0. The van der Waals surface area contributed by atoms with Crippen molar-refractivity contribution < 1.29 is 19.4 Å². The molecule has 0 bridgehead atoms. The Kier molecular flexibility index (Phi) is 13.4. The number of aliphatic hydroxyl groups is 1. The molecule has 36 heavy (non-hydrogen) atoms. The van der Waals surface area contributed by atoms with E-state index in [2.05, 4.69) is 68.7 Å². The number of ether oxygens (including phenoxy) is 2. The highest BCUT2D eigenvalue weighted by Gasteiger charge is 2.36. The van der Waals surface area contributed by atoms with E-state index in [1.807, 2.05) is 20.0 Å². The predicted molar refractivity (Wildman–Crippen MR) is 147 cm³/mol. The molecule has 1 fully saturated rings. The SMILES string of the molecule is CN[C@@H]1[C@H](O)C[C@@H](O[C@H]2C/C=C(\C)C/C(C)=C/C=C/CC[C@H](C)CNC(=O)/C=C/C=C/[C@@H]2C)O[C@@H]1C. The maximum absolute atomic E-state index is 12.2. The van der Waals surface area contributed by atoms with Crippen molar-refractivity contribution in [3.8, 4) is 0 Å². The van der Waals surface area contributed by atoms with E-state index in [0.717, 1.165) is 25.7 Å². The smallest absolute Gasteiger partial charge is 0.243 e. The van der Waals surface area contributed by atoms with Crippen LogP contribution in [0.2, 0.25) is 0 Å². The van der Waals surface area contributed by atoms with Gasteiger partial charge < -0.3 is 25.2 Å². The number of carbonyl (C=O) groups excluding carboxylic acids is 1. The van der Waals surface area contributed by atoms with Crippen molar-refractivity contribution in [1.82, 2.24) is 10.6 Å². The molecule has 6 nitrogen and oxygen atoms in total. The van der Waals surface area contributed by atoms with Crippen molar-refractivity contribution in [3.05, 3.63) is 59.8 Å². The van der Waals surface area contributed by atoms with E-state index < -0.39 is 12.4 Å². The number of allylic oxidation sites excluding steroid dienone is 7. The number of nitrogens with one attached hydrogen (secondary N) is 2. The summed E-state index contributed by atoms with van der Waals surface area (Å²) in [5.41, 5.74) is 2.62. The first-order valence-corrected chi connectivity index (χ1v) is 13.5. The zero-order valence-electron chi connectivity index (χ0n) is 23.1. The fourth-order valence-corrected chi connectivity index (χ4v) is 4.68. The van der Waals surface area contributed by atoms with Crippen LogP contribution < -0.4 is 10.6 Å². The van der Waals surface area contributed by atoms with Crippen LogP contribution in [0.4, 0.5) is 0 Å². The van der Waals surface area contributed by atoms with Crippen LogP contribution in [-0.4, -0.2) is 55.2 Å². The van der Waals surface area contributed by atoms with Gasteiger partial charge in [0, 0.05) is 25.0 Å². The Morgan fingerprint density at radius 1 is 1.14 bits per heavy atom. The van der Waals surface area contributed by atoms with E-state index in [4.69, 9.17) is 9.47 Å². The summed E-state index contributed by atoms with van der Waals surface area (Å²) < 4.78 is 12.5. The number of rotatable bonds is 3. The van der Waals surface area contributed by atoms with Gasteiger partial charge in [0.1, 0.15) is 0 Å². The first-order chi connectivity index (χ1) is 17.2. The molecule has 6 heteroatoms. The zero-order valence-corrected chi connectivity index (χ0v) is 23.1. The minimum Gasteiger partial charge on any atom is -0.391 e. The van der Waals surface area contributed by atoms with Gasteiger partial charge in [-0.15, -0.1) is 0 Å². The second kappa shape index (κ2) is 16.0. The van der Waals surface area contributed by atoms with Gasteiger partial charge in [0.15, 0.2) is 6.29 Å². The van der Waals surface area contributed by atoms with Gasteiger partial charge in [0.25, 0.3) is 0 Å². The largest absolute Gasteiger partial charge is 0.391 e. The van der Waals surface area contributed by atoms with E-state index in [0.29, 0.717) is 18.9 Å². The average Bonchev–Trinajstić information content (AvgIpc) is 2.82. The summed E-state index contributed by atoms with van der Waals surface area (Å²) in [6.07, 6.45) is 19.0. The quantitative estimate of drug-likeness (QED) is 0.477. The normalized spacial score (nSPS) is 39.5. The molecular formula is C30H48N2O4. The van der Waals surface area contributed by atoms with Gasteiger partial charge in [-0.3, -0.25) is 4.79 Å². The molecule has 0 aromatic carbocycles. The maximum atomic E-state index is 12.2. The summed E-state index contributed by atoms with van der Waals surface area (Å²) in [7, 11) is 1.84. The molecule has 0 aliphatic carbocycles. The van der Waals surface area contributed by atoms with E-state index in [-0.39, 0.29) is 30.1 Å². The molecule has 2 rings (SSSR count). The van der Waals surface area contributed by atoms with Gasteiger partial charge in [-0.05, 0) is 59.4 Å². The summed E-state index contributed by atoms with van der Waals surface area (Å²) in [6.45, 7) is 11.2. The molecule has 0 aromatic rings. The lowest BCUT2D eigenvalue weighted by molar-refractivity contribution is -0.241. The molecule has 0 spiro atoms. The van der Waals surface area contributed by atoms with E-state index >= 15 is 0 Å². The molecule has 0 aromatic heterocycles. The number of hydrogen-bond acceptors (Lipinski definition) is 5. The number of aliphatic hydroxyl groups excluding tert-OH is 1. The van der Waals surface area contributed by atoms with Crippen LogP contribution in [-0.2, 0) is 14.3 Å². The molecule has 0 radical (unpaired) electrons. The minimum absolute atomic E-state index is 0.0771. The van der Waals surface area contributed by atoms with Gasteiger partial charge in [-0.2, -0.15) is 0 Å². The van der Waals surface area contributed by atoms with Crippen LogP contribution >= 0.6 is 0 Å². The summed E-state index contributed by atoms with van der Waals surface area (Å²) in [5.74, 6) is 0.435. The monoisotopic (exact) mass is 500 g/mol. The van der Waals surface area contributed by atoms with Crippen molar-refractivity contribution in [2.75, 3.05) is 13.6 Å². The number of amides is 1. The summed E-state index contributed by atoms with van der Waals surface area (Å²) in [4.78, 5) is 12.2. The summed E-state index contributed by atoms with van der Waals surface area (Å²) in [6, 6.07) is -0.105. The van der Waals surface area contributed by atoms with Crippen molar-refractivity contribution in [2.24, 2.45) is 11.8 Å². The first-order valence-electron chi connectivity index (χ1n) is 13.5. The number of likely N-dealkylation sites (N-methyl/N-ethyl adjacent to an activating group) is 1. The second-order valence-electron chi connectivity index (χ2n) is 10.5. The van der Waals surface area contributed by atoms with Crippen molar-refractivity contribution >= 4 is 5.91 Å². The third-order valence-corrected chi connectivity index (χ3v) is 6.96. The van der Waals surface area contributed by atoms with Crippen molar-refractivity contribution in [1.29, 1.82) is 0 Å². The zero-order chi connectivity index (χ0) is 26.5. The number of hydrogen-bond donors (Lipinski definition) is 3. The second-order valence-corrected chi connectivity index (χ2v) is 10.5. The highest BCUT2D eigenvalue weighted by Crippen LogP contribution is 2.26. The first kappa shape index (κ1) is 30.2. The van der Waals surface area contributed by atoms with E-state index in [1.54, 1.807) is 12.2 Å². The molecule has 2 aliphatic heterocycles. The highest BCUT2D eigenvalue weighted by molar-refractivity contribution is 5.87. The molecule has 0 saturated carbocycles. The Morgan fingerprint density at radius 3 is 2.64 bits per heavy atom. The lowest BCUT2D eigenvalue weighted by Crippen LogP contribution is -2.54.